The standard InChI is InChI=1S/C10H15N3O/c1-13-7-11-5-9(13)6-12-10(14)8-3-2-4-8/h5,7-8H,2-4,6H2,1H3,(H,12,14). The number of nitrogens with one attached hydrogen (secondary N) is 1. The van der Waals surface area contributed by atoms with Gasteiger partial charge in [0.15, 0.2) is 0 Å². The fourth-order valence-corrected chi connectivity index (χ4v) is 1.55. The molecule has 1 aliphatic rings. The number of nitrogens with zero attached hydrogens (tertiary/aromatic N) is 2. The summed E-state index contributed by atoms with van der Waals surface area (Å²) in [6.07, 6.45) is 6.82. The monoisotopic (exact) mass is 193 g/mol. The average Bonchev–Trinajstić information content (AvgIpc) is 2.44. The van der Waals surface area contributed by atoms with E-state index >= 15 is 0 Å². The second-order valence-corrected chi connectivity index (χ2v) is 3.84. The molecular weight excluding hydrogens is 178 g/mol. The number of hydrogen-bond donors (Lipinski definition) is 1. The summed E-state index contributed by atoms with van der Waals surface area (Å²) in [5.74, 6) is 0.459. The van der Waals surface area contributed by atoms with Gasteiger partial charge in [-0.1, -0.05) is 6.42 Å². The van der Waals surface area contributed by atoms with Crippen LogP contribution in [-0.2, 0) is 18.4 Å². The van der Waals surface area contributed by atoms with Crippen LogP contribution in [0.1, 0.15) is 25.0 Å². The molecule has 1 amide bonds. The molecule has 1 aromatic rings. The molecular formula is C10H15N3O. The van der Waals surface area contributed by atoms with Crippen LogP contribution in [0, 0.1) is 5.92 Å². The largest absolute Gasteiger partial charge is 0.350 e. The predicted molar refractivity (Wildman–Crippen MR) is 52.4 cm³/mol. The summed E-state index contributed by atoms with van der Waals surface area (Å²) in [6, 6.07) is 0. The van der Waals surface area contributed by atoms with Crippen LogP contribution in [0.25, 0.3) is 0 Å². The molecule has 1 N–H and O–H groups in total. The Morgan fingerprint density at radius 3 is 3.00 bits per heavy atom. The molecule has 4 nitrogen and oxygen atoms in total. The van der Waals surface area contributed by atoms with Gasteiger partial charge in [-0.15, -0.1) is 0 Å². The number of rotatable bonds is 3. The Balaban J connectivity index is 1.82. The molecule has 2 rings (SSSR count). The van der Waals surface area contributed by atoms with Gasteiger partial charge in [0.05, 0.1) is 18.6 Å². The van der Waals surface area contributed by atoms with E-state index in [9.17, 15) is 4.79 Å². The van der Waals surface area contributed by atoms with Crippen LogP contribution in [0.3, 0.4) is 0 Å². The SMILES string of the molecule is Cn1cncc1CNC(=O)C1CCC1. The number of aryl methyl sites for hydroxylation is 1. The number of amides is 1. The van der Waals surface area contributed by atoms with Crippen molar-refractivity contribution in [3.63, 3.8) is 0 Å². The lowest BCUT2D eigenvalue weighted by molar-refractivity contribution is -0.127. The van der Waals surface area contributed by atoms with Gasteiger partial charge >= 0.3 is 0 Å². The summed E-state index contributed by atoms with van der Waals surface area (Å²) in [5.41, 5.74) is 1.04. The predicted octanol–water partition coefficient (Wildman–Crippen LogP) is 0.836. The van der Waals surface area contributed by atoms with E-state index in [0.717, 1.165) is 18.5 Å². The molecule has 1 aromatic heterocycles. The summed E-state index contributed by atoms with van der Waals surface area (Å²) in [7, 11) is 1.93. The summed E-state index contributed by atoms with van der Waals surface area (Å²) >= 11 is 0. The van der Waals surface area contributed by atoms with Gasteiger partial charge in [-0.2, -0.15) is 0 Å². The fourth-order valence-electron chi connectivity index (χ4n) is 1.55. The zero-order valence-corrected chi connectivity index (χ0v) is 8.36. The molecule has 1 fully saturated rings. The van der Waals surface area contributed by atoms with Crippen molar-refractivity contribution in [2.24, 2.45) is 13.0 Å². The molecule has 0 bridgehead atoms. The molecule has 0 radical (unpaired) electrons. The maximum absolute atomic E-state index is 11.5. The van der Waals surface area contributed by atoms with E-state index in [2.05, 4.69) is 10.3 Å². The topological polar surface area (TPSA) is 46.9 Å². The van der Waals surface area contributed by atoms with Crippen LogP contribution in [-0.4, -0.2) is 15.5 Å². The Kier molecular flexibility index (Phi) is 2.52. The van der Waals surface area contributed by atoms with Gasteiger partial charge in [0.2, 0.25) is 5.91 Å². The second-order valence-electron chi connectivity index (χ2n) is 3.84. The molecule has 0 spiro atoms. The van der Waals surface area contributed by atoms with Crippen molar-refractivity contribution in [2.45, 2.75) is 25.8 Å². The average molecular weight is 193 g/mol. The molecule has 0 saturated heterocycles. The fraction of sp³-hybridized carbons (Fsp3) is 0.600. The Morgan fingerprint density at radius 1 is 1.71 bits per heavy atom. The highest BCUT2D eigenvalue weighted by atomic mass is 16.1. The van der Waals surface area contributed by atoms with Gasteiger partial charge < -0.3 is 9.88 Å². The van der Waals surface area contributed by atoms with Crippen molar-refractivity contribution in [3.8, 4) is 0 Å². The summed E-state index contributed by atoms with van der Waals surface area (Å²) in [6.45, 7) is 0.589. The first-order chi connectivity index (χ1) is 6.77. The zero-order chi connectivity index (χ0) is 9.97. The van der Waals surface area contributed by atoms with E-state index in [1.54, 1.807) is 12.5 Å². The smallest absolute Gasteiger partial charge is 0.223 e. The Hall–Kier alpha value is -1.32. The van der Waals surface area contributed by atoms with E-state index in [0.29, 0.717) is 6.54 Å². The third-order valence-electron chi connectivity index (χ3n) is 2.84. The summed E-state index contributed by atoms with van der Waals surface area (Å²) in [4.78, 5) is 15.5. The molecule has 0 aliphatic heterocycles. The van der Waals surface area contributed by atoms with Gasteiger partial charge in [0, 0.05) is 19.2 Å². The van der Waals surface area contributed by atoms with E-state index in [1.165, 1.54) is 6.42 Å². The van der Waals surface area contributed by atoms with Crippen LogP contribution in [0.4, 0.5) is 0 Å². The van der Waals surface area contributed by atoms with E-state index in [-0.39, 0.29) is 11.8 Å². The number of carbonyl (C=O) groups is 1. The highest BCUT2D eigenvalue weighted by molar-refractivity contribution is 5.79. The van der Waals surface area contributed by atoms with Crippen molar-refractivity contribution in [1.29, 1.82) is 0 Å². The highest BCUT2D eigenvalue weighted by Crippen LogP contribution is 2.26. The van der Waals surface area contributed by atoms with Crippen LogP contribution < -0.4 is 5.32 Å². The van der Waals surface area contributed by atoms with E-state index in [1.807, 2.05) is 11.6 Å². The molecule has 1 saturated carbocycles. The molecule has 0 aromatic carbocycles. The highest BCUT2D eigenvalue weighted by Gasteiger charge is 2.24. The normalized spacial score (nSPS) is 16.4. The first kappa shape index (κ1) is 9.24. The van der Waals surface area contributed by atoms with E-state index in [4.69, 9.17) is 0 Å². The maximum Gasteiger partial charge on any atom is 0.223 e. The first-order valence-electron chi connectivity index (χ1n) is 5.00. The molecule has 14 heavy (non-hydrogen) atoms. The molecule has 0 unspecified atom stereocenters. The van der Waals surface area contributed by atoms with Crippen LogP contribution >= 0.6 is 0 Å². The first-order valence-corrected chi connectivity index (χ1v) is 5.00. The number of hydrogen-bond acceptors (Lipinski definition) is 2. The molecule has 1 aliphatic carbocycles. The van der Waals surface area contributed by atoms with Gasteiger partial charge in [-0.05, 0) is 12.8 Å². The summed E-state index contributed by atoms with van der Waals surface area (Å²) in [5, 5.41) is 2.93. The zero-order valence-electron chi connectivity index (χ0n) is 8.36. The molecule has 4 heteroatoms. The second kappa shape index (κ2) is 3.82. The van der Waals surface area contributed by atoms with Gasteiger partial charge in [0.1, 0.15) is 0 Å². The minimum atomic E-state index is 0.192. The minimum Gasteiger partial charge on any atom is -0.350 e. The maximum atomic E-state index is 11.5. The minimum absolute atomic E-state index is 0.192. The molecule has 0 atom stereocenters. The van der Waals surface area contributed by atoms with Crippen molar-refractivity contribution in [3.05, 3.63) is 18.2 Å². The van der Waals surface area contributed by atoms with E-state index < -0.39 is 0 Å². The van der Waals surface area contributed by atoms with Gasteiger partial charge in [-0.25, -0.2) is 4.98 Å². The molecule has 1 heterocycles. The number of carbonyl (C=O) groups excluding carboxylic acids is 1. The Labute approximate surface area is 83.3 Å². The lowest BCUT2D eigenvalue weighted by Crippen LogP contribution is -2.34. The lowest BCUT2D eigenvalue weighted by Gasteiger charge is -2.23. The third kappa shape index (κ3) is 1.78. The quantitative estimate of drug-likeness (QED) is 0.773. The van der Waals surface area contributed by atoms with Crippen LogP contribution in [0.5, 0.6) is 0 Å². The van der Waals surface area contributed by atoms with Crippen LogP contribution in [0.15, 0.2) is 12.5 Å². The number of imidazole rings is 1. The Bertz CT molecular complexity index is 328. The van der Waals surface area contributed by atoms with Crippen molar-refractivity contribution in [1.82, 2.24) is 14.9 Å². The summed E-state index contributed by atoms with van der Waals surface area (Å²) < 4.78 is 1.92. The molecule has 76 valence electrons. The van der Waals surface area contributed by atoms with Crippen molar-refractivity contribution in [2.75, 3.05) is 0 Å². The van der Waals surface area contributed by atoms with Crippen LogP contribution in [0.2, 0.25) is 0 Å². The number of aromatic nitrogens is 2. The lowest BCUT2D eigenvalue weighted by atomic mass is 9.85. The van der Waals surface area contributed by atoms with Gasteiger partial charge in [0.25, 0.3) is 0 Å². The third-order valence-corrected chi connectivity index (χ3v) is 2.84. The Morgan fingerprint density at radius 2 is 2.50 bits per heavy atom. The van der Waals surface area contributed by atoms with Crippen molar-refractivity contribution >= 4 is 5.91 Å². The van der Waals surface area contributed by atoms with Gasteiger partial charge in [-0.3, -0.25) is 4.79 Å². The van der Waals surface area contributed by atoms with Crippen molar-refractivity contribution < 1.29 is 4.79 Å².